The molecule has 0 aromatic heterocycles. The summed E-state index contributed by atoms with van der Waals surface area (Å²) >= 11 is 0. The molecule has 0 unspecified atom stereocenters. The smallest absolute Gasteiger partial charge is 0.253 e. The van der Waals surface area contributed by atoms with Gasteiger partial charge in [-0.05, 0) is 44.1 Å². The van der Waals surface area contributed by atoms with Crippen LogP contribution in [0.3, 0.4) is 0 Å². The van der Waals surface area contributed by atoms with Gasteiger partial charge >= 0.3 is 0 Å². The fourth-order valence-corrected chi connectivity index (χ4v) is 3.98. The number of carbonyl (C=O) groups is 1. The lowest BCUT2D eigenvalue weighted by Gasteiger charge is -2.28. The van der Waals surface area contributed by atoms with Gasteiger partial charge < -0.3 is 21.3 Å². The zero-order chi connectivity index (χ0) is 18.8. The molecule has 2 fully saturated rings. The maximum absolute atomic E-state index is 15.1. The minimum atomic E-state index is -1.01. The summed E-state index contributed by atoms with van der Waals surface area (Å²) in [5, 5.41) is 5.76. The van der Waals surface area contributed by atoms with Gasteiger partial charge in [0.25, 0.3) is 5.91 Å². The molecule has 1 aromatic carbocycles. The summed E-state index contributed by atoms with van der Waals surface area (Å²) < 4.78 is 28.8. The second-order valence-electron chi connectivity index (χ2n) is 7.56. The number of anilines is 3. The van der Waals surface area contributed by atoms with Crippen molar-refractivity contribution in [3.63, 3.8) is 0 Å². The van der Waals surface area contributed by atoms with Gasteiger partial charge in [-0.2, -0.15) is 0 Å². The Balaban J connectivity index is 1.90. The molecule has 2 aliphatic rings. The molecule has 4 N–H and O–H groups in total. The molecule has 26 heavy (non-hydrogen) atoms. The van der Waals surface area contributed by atoms with Crippen LogP contribution in [0.25, 0.3) is 0 Å². The first-order chi connectivity index (χ1) is 12.4. The second kappa shape index (κ2) is 7.68. The van der Waals surface area contributed by atoms with Gasteiger partial charge in [0.15, 0.2) is 5.82 Å². The van der Waals surface area contributed by atoms with Crippen molar-refractivity contribution in [1.29, 1.82) is 0 Å². The number of benzene rings is 1. The van der Waals surface area contributed by atoms with Gasteiger partial charge in [0.05, 0.1) is 22.6 Å². The number of carbonyl (C=O) groups excluding carboxylic acids is 1. The highest BCUT2D eigenvalue weighted by Crippen LogP contribution is 2.37. The van der Waals surface area contributed by atoms with Crippen molar-refractivity contribution < 1.29 is 13.6 Å². The van der Waals surface area contributed by atoms with Gasteiger partial charge in [0, 0.05) is 26.2 Å². The molecule has 1 aliphatic heterocycles. The Hall–Kier alpha value is -2.05. The van der Waals surface area contributed by atoms with E-state index >= 15 is 4.39 Å². The van der Waals surface area contributed by atoms with Crippen LogP contribution in [0.1, 0.15) is 49.4 Å². The average molecular weight is 366 g/mol. The van der Waals surface area contributed by atoms with Crippen molar-refractivity contribution >= 4 is 23.0 Å². The lowest BCUT2D eigenvalue weighted by atomic mass is 9.87. The highest BCUT2D eigenvalue weighted by atomic mass is 19.1. The summed E-state index contributed by atoms with van der Waals surface area (Å²) in [7, 11) is 1.57. The predicted octanol–water partition coefficient (Wildman–Crippen LogP) is 3.31. The molecule has 0 radical (unpaired) electrons. The molecule has 1 atom stereocenters. The number of alkyl halides is 1. The highest BCUT2D eigenvalue weighted by molar-refractivity contribution is 6.02. The SMILES string of the molecule is CNc1c(N)cc(C(=O)N[C@H]2CC[C@H](C)CC2)c(N2CC[C@@H](F)C2)c1F. The van der Waals surface area contributed by atoms with Gasteiger partial charge in [-0.25, -0.2) is 8.78 Å². The largest absolute Gasteiger partial charge is 0.397 e. The Labute approximate surface area is 153 Å². The first-order valence-electron chi connectivity index (χ1n) is 9.40. The normalized spacial score (nSPS) is 26.0. The van der Waals surface area contributed by atoms with E-state index in [9.17, 15) is 9.18 Å². The molecule has 0 bridgehead atoms. The van der Waals surface area contributed by atoms with E-state index in [1.54, 1.807) is 11.9 Å². The van der Waals surface area contributed by atoms with E-state index in [4.69, 9.17) is 5.73 Å². The second-order valence-corrected chi connectivity index (χ2v) is 7.56. The molecule has 5 nitrogen and oxygen atoms in total. The lowest BCUT2D eigenvalue weighted by Crippen LogP contribution is -2.38. The van der Waals surface area contributed by atoms with Crippen molar-refractivity contribution in [2.24, 2.45) is 5.92 Å². The van der Waals surface area contributed by atoms with E-state index in [2.05, 4.69) is 17.6 Å². The van der Waals surface area contributed by atoms with E-state index in [0.717, 1.165) is 25.7 Å². The van der Waals surface area contributed by atoms with E-state index in [1.165, 1.54) is 6.07 Å². The van der Waals surface area contributed by atoms with Crippen molar-refractivity contribution in [3.8, 4) is 0 Å². The first-order valence-corrected chi connectivity index (χ1v) is 9.40. The molecule has 7 heteroatoms. The number of nitrogens with two attached hydrogens (primary N) is 1. The number of hydrogen-bond donors (Lipinski definition) is 3. The summed E-state index contributed by atoms with van der Waals surface area (Å²) in [6.45, 7) is 2.68. The van der Waals surface area contributed by atoms with Crippen molar-refractivity contribution in [2.45, 2.75) is 51.2 Å². The van der Waals surface area contributed by atoms with Gasteiger partial charge in [-0.15, -0.1) is 0 Å². The van der Waals surface area contributed by atoms with E-state index in [0.29, 0.717) is 18.9 Å². The Bertz CT molecular complexity index is 674. The average Bonchev–Trinajstić information content (AvgIpc) is 3.02. The summed E-state index contributed by atoms with van der Waals surface area (Å²) in [6.07, 6.45) is 3.31. The summed E-state index contributed by atoms with van der Waals surface area (Å²) in [6, 6.07) is 1.59. The summed E-state index contributed by atoms with van der Waals surface area (Å²) in [4.78, 5) is 14.5. The molecule has 1 aromatic rings. The third-order valence-electron chi connectivity index (χ3n) is 5.56. The monoisotopic (exact) mass is 366 g/mol. The molecule has 0 spiro atoms. The van der Waals surface area contributed by atoms with Crippen molar-refractivity contribution in [1.82, 2.24) is 5.32 Å². The molecule has 1 amide bonds. The number of nitrogen functional groups attached to an aromatic ring is 1. The van der Waals surface area contributed by atoms with Crippen LogP contribution < -0.4 is 21.3 Å². The number of hydrogen-bond acceptors (Lipinski definition) is 4. The van der Waals surface area contributed by atoms with Crippen LogP contribution in [0.2, 0.25) is 0 Å². The van der Waals surface area contributed by atoms with Crippen molar-refractivity contribution in [2.75, 3.05) is 36.1 Å². The minimum Gasteiger partial charge on any atom is -0.397 e. The standard InChI is InChI=1S/C19H28F2N4O/c1-11-3-5-13(6-4-11)24-19(26)14-9-15(22)17(23-2)16(21)18(14)25-8-7-12(20)10-25/h9,11-13,23H,3-8,10,22H2,1-2H3,(H,24,26)/t11-,12-,13-/m1/s1. The maximum Gasteiger partial charge on any atom is 0.253 e. The first kappa shape index (κ1) is 18.7. The molecule has 1 saturated heterocycles. The third-order valence-corrected chi connectivity index (χ3v) is 5.56. The van der Waals surface area contributed by atoms with Crippen LogP contribution in [0.15, 0.2) is 6.07 Å². The van der Waals surface area contributed by atoms with E-state index in [1.807, 2.05) is 0 Å². The molecule has 1 saturated carbocycles. The zero-order valence-corrected chi connectivity index (χ0v) is 15.4. The Morgan fingerprint density at radius 2 is 1.96 bits per heavy atom. The molecule has 1 heterocycles. The Morgan fingerprint density at radius 3 is 2.54 bits per heavy atom. The molecule has 1 aliphatic carbocycles. The van der Waals surface area contributed by atoms with Crippen LogP contribution in [0.4, 0.5) is 25.8 Å². The molecule has 3 rings (SSSR count). The Morgan fingerprint density at radius 1 is 1.27 bits per heavy atom. The van der Waals surface area contributed by atoms with Gasteiger partial charge in [0.2, 0.25) is 0 Å². The minimum absolute atomic E-state index is 0.0885. The highest BCUT2D eigenvalue weighted by Gasteiger charge is 2.31. The molecular weight excluding hydrogens is 338 g/mol. The number of nitrogens with one attached hydrogen (secondary N) is 2. The van der Waals surface area contributed by atoms with Gasteiger partial charge in [-0.1, -0.05) is 6.92 Å². The summed E-state index contributed by atoms with van der Waals surface area (Å²) in [5.74, 6) is -0.257. The van der Waals surface area contributed by atoms with Crippen LogP contribution in [0, 0.1) is 11.7 Å². The van der Waals surface area contributed by atoms with E-state index < -0.39 is 12.0 Å². The summed E-state index contributed by atoms with van der Waals surface area (Å²) in [5.41, 5.74) is 6.59. The maximum atomic E-state index is 15.1. The van der Waals surface area contributed by atoms with Crippen LogP contribution in [0.5, 0.6) is 0 Å². The number of nitrogens with zero attached hydrogens (tertiary/aromatic N) is 1. The van der Waals surface area contributed by atoms with Gasteiger partial charge in [0.1, 0.15) is 6.17 Å². The quantitative estimate of drug-likeness (QED) is 0.715. The number of rotatable bonds is 4. The predicted molar refractivity (Wildman–Crippen MR) is 101 cm³/mol. The Kier molecular flexibility index (Phi) is 5.53. The molecule has 144 valence electrons. The van der Waals surface area contributed by atoms with Crippen LogP contribution in [-0.2, 0) is 0 Å². The third kappa shape index (κ3) is 3.71. The van der Waals surface area contributed by atoms with Crippen LogP contribution >= 0.6 is 0 Å². The topological polar surface area (TPSA) is 70.4 Å². The van der Waals surface area contributed by atoms with Crippen molar-refractivity contribution in [3.05, 3.63) is 17.4 Å². The number of amides is 1. The fraction of sp³-hybridized carbons (Fsp3) is 0.632. The fourth-order valence-electron chi connectivity index (χ4n) is 3.98. The number of halogens is 2. The molecular formula is C19H28F2N4O. The van der Waals surface area contributed by atoms with E-state index in [-0.39, 0.29) is 41.1 Å². The zero-order valence-electron chi connectivity index (χ0n) is 15.4. The van der Waals surface area contributed by atoms with Crippen LogP contribution in [-0.4, -0.2) is 38.3 Å². The van der Waals surface area contributed by atoms with Gasteiger partial charge in [-0.3, -0.25) is 4.79 Å². The lowest BCUT2D eigenvalue weighted by molar-refractivity contribution is 0.0923.